The number of ether oxygens (including phenoxy) is 2. The molecule has 4 nitrogen and oxygen atoms in total. The van der Waals surface area contributed by atoms with Crippen molar-refractivity contribution in [3.63, 3.8) is 0 Å². The van der Waals surface area contributed by atoms with Gasteiger partial charge in [-0.25, -0.2) is 4.98 Å². The monoisotopic (exact) mass is 273 g/mol. The van der Waals surface area contributed by atoms with E-state index in [0.717, 1.165) is 6.42 Å². The van der Waals surface area contributed by atoms with Crippen molar-refractivity contribution in [3.05, 3.63) is 48.2 Å². The van der Waals surface area contributed by atoms with Gasteiger partial charge >= 0.3 is 0 Å². The van der Waals surface area contributed by atoms with Crippen LogP contribution >= 0.6 is 0 Å². The first kappa shape index (κ1) is 14.3. The number of hydrogen-bond donors (Lipinski definition) is 1. The molecule has 0 saturated carbocycles. The lowest BCUT2D eigenvalue weighted by Crippen LogP contribution is -2.01. The Morgan fingerprint density at radius 1 is 1.15 bits per heavy atom. The molecule has 0 saturated heterocycles. The van der Waals surface area contributed by atoms with Crippen LogP contribution in [0.4, 0.5) is 0 Å². The third-order valence-electron chi connectivity index (χ3n) is 2.77. The van der Waals surface area contributed by atoms with Crippen LogP contribution in [0.25, 0.3) is 0 Å². The fourth-order valence-electron chi connectivity index (χ4n) is 1.78. The van der Waals surface area contributed by atoms with Crippen molar-refractivity contribution in [1.29, 1.82) is 0 Å². The van der Waals surface area contributed by atoms with Gasteiger partial charge in [-0.15, -0.1) is 0 Å². The maximum atomic E-state index is 9.74. The fourth-order valence-corrected chi connectivity index (χ4v) is 1.78. The van der Waals surface area contributed by atoms with Crippen molar-refractivity contribution in [2.45, 2.75) is 26.4 Å². The van der Waals surface area contributed by atoms with E-state index in [2.05, 4.69) is 4.98 Å². The Hall–Kier alpha value is -2.07. The highest BCUT2D eigenvalue weighted by Crippen LogP contribution is 2.33. The summed E-state index contributed by atoms with van der Waals surface area (Å²) in [7, 11) is 0. The molecule has 0 amide bonds. The molecule has 1 unspecified atom stereocenters. The number of benzene rings is 1. The lowest BCUT2D eigenvalue weighted by atomic mass is 10.2. The minimum atomic E-state index is -0.637. The zero-order chi connectivity index (χ0) is 14.4. The van der Waals surface area contributed by atoms with Crippen molar-refractivity contribution < 1.29 is 14.6 Å². The largest absolute Gasteiger partial charge is 0.490 e. The number of aliphatic hydroxyl groups is 1. The van der Waals surface area contributed by atoms with Crippen LogP contribution in [0.2, 0.25) is 0 Å². The molecule has 1 atom stereocenters. The molecule has 106 valence electrons. The molecule has 1 N–H and O–H groups in total. The molecule has 0 radical (unpaired) electrons. The summed E-state index contributed by atoms with van der Waals surface area (Å²) in [5.74, 6) is 1.67. The molecule has 0 bridgehead atoms. The van der Waals surface area contributed by atoms with Crippen molar-refractivity contribution >= 4 is 0 Å². The molecule has 1 aromatic carbocycles. The van der Waals surface area contributed by atoms with Crippen LogP contribution in [0.15, 0.2) is 42.6 Å². The van der Waals surface area contributed by atoms with Gasteiger partial charge in [0.05, 0.1) is 12.7 Å². The highest BCUT2D eigenvalue weighted by atomic mass is 16.5. The molecule has 1 heterocycles. The van der Waals surface area contributed by atoms with E-state index in [4.69, 9.17) is 9.47 Å². The first-order valence-corrected chi connectivity index (χ1v) is 6.75. The second-order valence-corrected chi connectivity index (χ2v) is 4.47. The van der Waals surface area contributed by atoms with E-state index in [1.165, 1.54) is 0 Å². The molecule has 2 rings (SSSR count). The maximum Gasteiger partial charge on any atom is 0.225 e. The van der Waals surface area contributed by atoms with E-state index in [9.17, 15) is 5.11 Å². The second-order valence-electron chi connectivity index (χ2n) is 4.47. The van der Waals surface area contributed by atoms with E-state index in [1.54, 1.807) is 25.3 Å². The van der Waals surface area contributed by atoms with Crippen LogP contribution in [0.1, 0.15) is 31.9 Å². The predicted molar refractivity (Wildman–Crippen MR) is 77.2 cm³/mol. The van der Waals surface area contributed by atoms with Gasteiger partial charge in [0, 0.05) is 11.8 Å². The summed E-state index contributed by atoms with van der Waals surface area (Å²) in [6.45, 7) is 4.36. The predicted octanol–water partition coefficient (Wildman–Crippen LogP) is 3.72. The molecule has 0 aliphatic carbocycles. The van der Waals surface area contributed by atoms with Gasteiger partial charge in [-0.05, 0) is 37.6 Å². The lowest BCUT2D eigenvalue weighted by Gasteiger charge is -2.14. The molecule has 0 aliphatic rings. The van der Waals surface area contributed by atoms with Gasteiger partial charge < -0.3 is 14.6 Å². The van der Waals surface area contributed by atoms with Gasteiger partial charge in [0.1, 0.15) is 0 Å². The minimum Gasteiger partial charge on any atom is -0.490 e. The lowest BCUT2D eigenvalue weighted by molar-refractivity contribution is 0.194. The van der Waals surface area contributed by atoms with Crippen molar-refractivity contribution in [1.82, 2.24) is 4.98 Å². The molecule has 0 fully saturated rings. The Labute approximate surface area is 119 Å². The van der Waals surface area contributed by atoms with Gasteiger partial charge in [-0.3, -0.25) is 0 Å². The van der Waals surface area contributed by atoms with E-state index >= 15 is 0 Å². The SMILES string of the molecule is CCCOc1ccccc1Oc1ncccc1C(C)O. The van der Waals surface area contributed by atoms with Crippen LogP contribution in [-0.4, -0.2) is 16.7 Å². The number of aliphatic hydroxyl groups excluding tert-OH is 1. The number of rotatable bonds is 6. The standard InChI is InChI=1S/C16H19NO3/c1-3-11-19-14-8-4-5-9-15(14)20-16-13(12(2)18)7-6-10-17-16/h4-10,12,18H,3,11H2,1-2H3. The molecular weight excluding hydrogens is 254 g/mol. The van der Waals surface area contributed by atoms with E-state index in [-0.39, 0.29) is 0 Å². The van der Waals surface area contributed by atoms with Crippen LogP contribution in [-0.2, 0) is 0 Å². The fraction of sp³-hybridized carbons (Fsp3) is 0.312. The number of pyridine rings is 1. The number of aromatic nitrogens is 1. The normalized spacial score (nSPS) is 11.9. The Kier molecular flexibility index (Phi) is 4.96. The summed E-state index contributed by atoms with van der Waals surface area (Å²) in [6, 6.07) is 11.0. The third kappa shape index (κ3) is 3.48. The molecule has 20 heavy (non-hydrogen) atoms. The second kappa shape index (κ2) is 6.91. The van der Waals surface area contributed by atoms with Gasteiger partial charge in [0.2, 0.25) is 5.88 Å². The highest BCUT2D eigenvalue weighted by Gasteiger charge is 2.13. The smallest absolute Gasteiger partial charge is 0.225 e. The average Bonchev–Trinajstić information content (AvgIpc) is 2.47. The summed E-state index contributed by atoms with van der Waals surface area (Å²) in [4.78, 5) is 4.18. The van der Waals surface area contributed by atoms with Crippen LogP contribution in [0.3, 0.4) is 0 Å². The molecule has 4 heteroatoms. The van der Waals surface area contributed by atoms with Gasteiger partial charge in [-0.2, -0.15) is 0 Å². The zero-order valence-electron chi connectivity index (χ0n) is 11.7. The van der Waals surface area contributed by atoms with Crippen molar-refractivity contribution in [3.8, 4) is 17.4 Å². The van der Waals surface area contributed by atoms with Crippen LogP contribution in [0, 0.1) is 0 Å². The molecule has 1 aromatic heterocycles. The summed E-state index contributed by atoms with van der Waals surface area (Å²) in [5, 5.41) is 9.74. The molecule has 0 aliphatic heterocycles. The summed E-state index contributed by atoms with van der Waals surface area (Å²) in [6.07, 6.45) is 1.93. The number of hydrogen-bond acceptors (Lipinski definition) is 4. The van der Waals surface area contributed by atoms with Gasteiger partial charge in [0.15, 0.2) is 11.5 Å². The number of nitrogens with zero attached hydrogens (tertiary/aromatic N) is 1. The maximum absolute atomic E-state index is 9.74. The third-order valence-corrected chi connectivity index (χ3v) is 2.77. The van der Waals surface area contributed by atoms with Crippen LogP contribution < -0.4 is 9.47 Å². The Morgan fingerprint density at radius 2 is 1.90 bits per heavy atom. The first-order valence-electron chi connectivity index (χ1n) is 6.75. The Bertz CT molecular complexity index is 555. The van der Waals surface area contributed by atoms with Crippen molar-refractivity contribution in [2.75, 3.05) is 6.61 Å². The number of para-hydroxylation sites is 2. The topological polar surface area (TPSA) is 51.6 Å². The molecule has 2 aromatic rings. The van der Waals surface area contributed by atoms with Gasteiger partial charge in [0.25, 0.3) is 0 Å². The Balaban J connectivity index is 2.26. The minimum absolute atomic E-state index is 0.398. The molecule has 0 spiro atoms. The Morgan fingerprint density at radius 3 is 2.60 bits per heavy atom. The van der Waals surface area contributed by atoms with E-state index in [0.29, 0.717) is 29.5 Å². The first-order chi connectivity index (χ1) is 9.72. The van der Waals surface area contributed by atoms with E-state index in [1.807, 2.05) is 31.2 Å². The molecular formula is C16H19NO3. The van der Waals surface area contributed by atoms with Gasteiger partial charge in [-0.1, -0.05) is 19.1 Å². The quantitative estimate of drug-likeness (QED) is 0.871. The van der Waals surface area contributed by atoms with Crippen LogP contribution in [0.5, 0.6) is 17.4 Å². The van der Waals surface area contributed by atoms with Crippen molar-refractivity contribution in [2.24, 2.45) is 0 Å². The zero-order valence-corrected chi connectivity index (χ0v) is 11.7. The summed E-state index contributed by atoms with van der Waals surface area (Å²) < 4.78 is 11.4. The average molecular weight is 273 g/mol. The van der Waals surface area contributed by atoms with E-state index < -0.39 is 6.10 Å². The summed E-state index contributed by atoms with van der Waals surface area (Å²) >= 11 is 0. The summed E-state index contributed by atoms with van der Waals surface area (Å²) in [5.41, 5.74) is 0.651. The highest BCUT2D eigenvalue weighted by molar-refractivity contribution is 5.43.